The van der Waals surface area contributed by atoms with Crippen molar-refractivity contribution in [1.82, 2.24) is 10.6 Å². The first-order chi connectivity index (χ1) is 7.56. The van der Waals surface area contributed by atoms with Gasteiger partial charge >= 0.3 is 12.0 Å². The molecule has 0 bridgehead atoms. The molecule has 0 unspecified atom stereocenters. The van der Waals surface area contributed by atoms with Gasteiger partial charge in [-0.2, -0.15) is 0 Å². The van der Waals surface area contributed by atoms with Gasteiger partial charge in [0.25, 0.3) is 5.91 Å². The molecule has 0 heterocycles. The Balaban J connectivity index is 3.75. The van der Waals surface area contributed by atoms with Crippen LogP contribution in [0, 0.1) is 12.3 Å². The monoisotopic (exact) mass is 224 g/mol. The Bertz CT molecular complexity index is 341. The number of unbranched alkanes of at least 4 members (excludes halogenated alkanes) is 1. The lowest BCUT2D eigenvalue weighted by Gasteiger charge is -2.02. The number of hydrogen-bond acceptors (Lipinski definition) is 3. The van der Waals surface area contributed by atoms with Gasteiger partial charge in [0, 0.05) is 25.1 Å². The molecule has 0 radical (unpaired) electrons. The van der Waals surface area contributed by atoms with Crippen LogP contribution in [0.2, 0.25) is 0 Å². The third-order valence-corrected chi connectivity index (χ3v) is 1.40. The van der Waals surface area contributed by atoms with E-state index in [1.54, 1.807) is 0 Å². The van der Waals surface area contributed by atoms with Gasteiger partial charge in [-0.15, -0.1) is 12.3 Å². The highest BCUT2D eigenvalue weighted by atomic mass is 16.4. The van der Waals surface area contributed by atoms with E-state index in [9.17, 15) is 14.4 Å². The molecular weight excluding hydrogens is 212 g/mol. The number of carboxylic acids is 1. The third kappa shape index (κ3) is 8.31. The highest BCUT2D eigenvalue weighted by Crippen LogP contribution is 1.82. The van der Waals surface area contributed by atoms with Gasteiger partial charge in [0.15, 0.2) is 0 Å². The minimum absolute atomic E-state index is 0.353. The molecular formula is C10H12N2O4. The molecule has 0 rings (SSSR count). The predicted molar refractivity (Wildman–Crippen MR) is 56.4 cm³/mol. The Morgan fingerprint density at radius 3 is 2.56 bits per heavy atom. The van der Waals surface area contributed by atoms with Crippen LogP contribution in [0.3, 0.4) is 0 Å². The summed E-state index contributed by atoms with van der Waals surface area (Å²) >= 11 is 0. The fourth-order valence-corrected chi connectivity index (χ4v) is 0.737. The van der Waals surface area contributed by atoms with E-state index < -0.39 is 17.9 Å². The molecule has 0 aromatic carbocycles. The first-order valence-electron chi connectivity index (χ1n) is 4.49. The molecule has 0 spiro atoms. The minimum Gasteiger partial charge on any atom is -0.478 e. The fraction of sp³-hybridized carbons (Fsp3) is 0.300. The molecule has 0 saturated heterocycles. The van der Waals surface area contributed by atoms with Crippen LogP contribution in [0.4, 0.5) is 4.79 Å². The zero-order chi connectivity index (χ0) is 12.4. The predicted octanol–water partition coefficient (Wildman–Crippen LogP) is -0.134. The number of hydrogen-bond donors (Lipinski definition) is 3. The van der Waals surface area contributed by atoms with Crippen LogP contribution in [-0.2, 0) is 9.59 Å². The Morgan fingerprint density at radius 2 is 2.00 bits per heavy atom. The number of imide groups is 1. The molecule has 0 aliphatic carbocycles. The summed E-state index contributed by atoms with van der Waals surface area (Å²) in [5, 5.41) is 12.5. The molecule has 3 amide bonds. The van der Waals surface area contributed by atoms with Crippen molar-refractivity contribution in [2.45, 2.75) is 12.8 Å². The van der Waals surface area contributed by atoms with E-state index in [0.717, 1.165) is 6.08 Å². The maximum atomic E-state index is 11.0. The summed E-state index contributed by atoms with van der Waals surface area (Å²) in [6.45, 7) is 0.353. The lowest BCUT2D eigenvalue weighted by molar-refractivity contribution is -0.131. The standard InChI is InChI=1S/C10H12N2O4/c1-2-3-4-7-11-10(16)12-8(13)5-6-9(14)15/h1,5-6H,3-4,7H2,(H,14,15)(H2,11,12,13,16)/b6-5+. The summed E-state index contributed by atoms with van der Waals surface area (Å²) in [5.74, 6) is 0.346. The van der Waals surface area contributed by atoms with Gasteiger partial charge in [0.1, 0.15) is 0 Å². The average molecular weight is 224 g/mol. The van der Waals surface area contributed by atoms with E-state index in [-0.39, 0.29) is 0 Å². The second-order valence-electron chi connectivity index (χ2n) is 2.72. The Labute approximate surface area is 92.7 Å². The van der Waals surface area contributed by atoms with Crippen LogP contribution in [-0.4, -0.2) is 29.6 Å². The molecule has 0 fully saturated rings. The molecule has 16 heavy (non-hydrogen) atoms. The highest BCUT2D eigenvalue weighted by Gasteiger charge is 2.03. The molecule has 3 N–H and O–H groups in total. The second-order valence-corrected chi connectivity index (χ2v) is 2.72. The number of rotatable bonds is 5. The smallest absolute Gasteiger partial charge is 0.328 e. The van der Waals surface area contributed by atoms with Crippen LogP contribution in [0.1, 0.15) is 12.8 Å². The second kappa shape index (κ2) is 8.05. The van der Waals surface area contributed by atoms with Gasteiger partial charge in [0.05, 0.1) is 0 Å². The molecule has 0 aromatic rings. The van der Waals surface area contributed by atoms with E-state index in [1.807, 2.05) is 5.32 Å². The van der Waals surface area contributed by atoms with Gasteiger partial charge < -0.3 is 10.4 Å². The number of terminal acetylenes is 1. The van der Waals surface area contributed by atoms with Crippen molar-refractivity contribution >= 4 is 17.9 Å². The van der Waals surface area contributed by atoms with E-state index >= 15 is 0 Å². The van der Waals surface area contributed by atoms with E-state index in [1.165, 1.54) is 0 Å². The lowest BCUT2D eigenvalue weighted by atomic mass is 10.3. The van der Waals surface area contributed by atoms with Crippen molar-refractivity contribution < 1.29 is 19.5 Å². The number of carboxylic acid groups (broad SMARTS) is 1. The first-order valence-corrected chi connectivity index (χ1v) is 4.49. The molecule has 6 heteroatoms. The molecule has 0 atom stereocenters. The molecule has 0 aromatic heterocycles. The Hall–Kier alpha value is -2.29. The summed E-state index contributed by atoms with van der Waals surface area (Å²) in [5.41, 5.74) is 0. The molecule has 86 valence electrons. The molecule has 0 aliphatic rings. The normalized spacial score (nSPS) is 9.44. The van der Waals surface area contributed by atoms with Crippen molar-refractivity contribution in [3.8, 4) is 12.3 Å². The highest BCUT2D eigenvalue weighted by molar-refractivity contribution is 6.02. The zero-order valence-electron chi connectivity index (χ0n) is 8.53. The topological polar surface area (TPSA) is 95.5 Å². The van der Waals surface area contributed by atoms with Crippen LogP contribution in [0.15, 0.2) is 12.2 Å². The van der Waals surface area contributed by atoms with Crippen LogP contribution < -0.4 is 10.6 Å². The maximum absolute atomic E-state index is 11.0. The summed E-state index contributed by atoms with van der Waals surface area (Å²) in [4.78, 5) is 31.9. The van der Waals surface area contributed by atoms with Gasteiger partial charge in [-0.05, 0) is 6.42 Å². The Morgan fingerprint density at radius 1 is 1.31 bits per heavy atom. The van der Waals surface area contributed by atoms with Crippen LogP contribution in [0.5, 0.6) is 0 Å². The van der Waals surface area contributed by atoms with Crippen molar-refractivity contribution in [2.24, 2.45) is 0 Å². The van der Waals surface area contributed by atoms with Crippen LogP contribution >= 0.6 is 0 Å². The number of carbonyl (C=O) groups is 3. The van der Waals surface area contributed by atoms with Crippen molar-refractivity contribution in [2.75, 3.05) is 6.54 Å². The van der Waals surface area contributed by atoms with Gasteiger partial charge in [-0.1, -0.05) is 0 Å². The SMILES string of the molecule is C#CCCCNC(=O)NC(=O)/C=C/C(=O)O. The third-order valence-electron chi connectivity index (χ3n) is 1.40. The van der Waals surface area contributed by atoms with E-state index in [2.05, 4.69) is 11.2 Å². The maximum Gasteiger partial charge on any atom is 0.328 e. The molecule has 0 saturated carbocycles. The van der Waals surface area contributed by atoms with Gasteiger partial charge in [0.2, 0.25) is 0 Å². The van der Waals surface area contributed by atoms with Gasteiger partial charge in [-0.25, -0.2) is 9.59 Å². The largest absolute Gasteiger partial charge is 0.478 e. The number of urea groups is 1. The number of aliphatic carboxylic acids is 1. The average Bonchev–Trinajstić information content (AvgIpc) is 2.21. The fourth-order valence-electron chi connectivity index (χ4n) is 0.737. The van der Waals surface area contributed by atoms with Crippen LogP contribution in [0.25, 0.3) is 0 Å². The lowest BCUT2D eigenvalue weighted by Crippen LogP contribution is -2.39. The quantitative estimate of drug-likeness (QED) is 0.344. The summed E-state index contributed by atoms with van der Waals surface area (Å²) < 4.78 is 0. The molecule has 6 nitrogen and oxygen atoms in total. The number of nitrogens with one attached hydrogen (secondary N) is 2. The first kappa shape index (κ1) is 13.7. The Kier molecular flexibility index (Phi) is 6.90. The van der Waals surface area contributed by atoms with Gasteiger partial charge in [-0.3, -0.25) is 10.1 Å². The summed E-state index contributed by atoms with van der Waals surface area (Å²) in [6, 6.07) is -0.683. The van der Waals surface area contributed by atoms with E-state index in [0.29, 0.717) is 25.5 Å². The number of carbonyl (C=O) groups excluding carboxylic acids is 2. The van der Waals surface area contributed by atoms with Crippen molar-refractivity contribution in [3.63, 3.8) is 0 Å². The zero-order valence-corrected chi connectivity index (χ0v) is 8.53. The molecule has 0 aliphatic heterocycles. The minimum atomic E-state index is -1.26. The van der Waals surface area contributed by atoms with Crippen molar-refractivity contribution in [3.05, 3.63) is 12.2 Å². The summed E-state index contributed by atoms with van der Waals surface area (Å²) in [6.07, 6.45) is 7.54. The summed E-state index contributed by atoms with van der Waals surface area (Å²) in [7, 11) is 0. The van der Waals surface area contributed by atoms with E-state index in [4.69, 9.17) is 11.5 Å². The van der Waals surface area contributed by atoms with Crippen molar-refractivity contribution in [1.29, 1.82) is 0 Å². The number of amides is 3.